The predicted octanol–water partition coefficient (Wildman–Crippen LogP) is 5.29. The molecule has 0 saturated carbocycles. The molecule has 32 heavy (non-hydrogen) atoms. The van der Waals surface area contributed by atoms with Crippen LogP contribution in [0.4, 0.5) is 13.2 Å². The zero-order valence-electron chi connectivity index (χ0n) is 18.9. The van der Waals surface area contributed by atoms with Gasteiger partial charge in [0.15, 0.2) is 0 Å². The van der Waals surface area contributed by atoms with Gasteiger partial charge >= 0.3 is 13.7 Å². The summed E-state index contributed by atoms with van der Waals surface area (Å²) in [6.45, 7) is 8.99. The van der Waals surface area contributed by atoms with Crippen molar-refractivity contribution in [2.24, 2.45) is 0 Å². The summed E-state index contributed by atoms with van der Waals surface area (Å²) in [5, 5.41) is 10.2. The minimum atomic E-state index is -4.38. The maximum absolute atomic E-state index is 13.0. The largest absolute Gasteiger partial charge is 0.427 e. The lowest BCUT2D eigenvalue weighted by atomic mass is 9.82. The molecule has 7 heteroatoms. The molecule has 168 valence electrons. The monoisotopic (exact) mass is 441 g/mol. The Kier molecular flexibility index (Phi) is 6.54. The van der Waals surface area contributed by atoms with Gasteiger partial charge in [0.2, 0.25) is 0 Å². The van der Waals surface area contributed by atoms with Crippen LogP contribution < -0.4 is 5.46 Å². The van der Waals surface area contributed by atoms with Crippen LogP contribution >= 0.6 is 0 Å². The molecule has 0 amide bonds. The van der Waals surface area contributed by atoms with Crippen LogP contribution in [0.2, 0.25) is 0 Å². The predicted molar refractivity (Wildman–Crippen MR) is 123 cm³/mol. The van der Waals surface area contributed by atoms with E-state index in [2.05, 4.69) is 4.98 Å². The lowest BCUT2D eigenvalue weighted by Crippen LogP contribution is -2.49. The van der Waals surface area contributed by atoms with Crippen LogP contribution in [0.15, 0.2) is 60.8 Å². The molecule has 0 aliphatic heterocycles. The van der Waals surface area contributed by atoms with E-state index >= 15 is 0 Å². The molecule has 0 aliphatic rings. The van der Waals surface area contributed by atoms with Gasteiger partial charge in [-0.15, -0.1) is 0 Å². The molecule has 1 N–H and O–H groups in total. The molecule has 0 aliphatic carbocycles. The zero-order chi connectivity index (χ0) is 23.7. The first-order chi connectivity index (χ1) is 14.8. The van der Waals surface area contributed by atoms with E-state index in [1.54, 1.807) is 26.1 Å². The minimum absolute atomic E-state index is 0.359. The maximum Gasteiger partial charge on any atom is 0.416 e. The number of halogens is 3. The van der Waals surface area contributed by atoms with E-state index in [1.165, 1.54) is 6.07 Å². The lowest BCUT2D eigenvalue weighted by molar-refractivity contribution is -0.137. The minimum Gasteiger partial charge on any atom is -0.427 e. The average molecular weight is 441 g/mol. The SMILES string of the molecule is Cc1cc(-c2ccc(BOC(C)(C)C(C)(C)O)cc2)ncc1-c1cccc(C(F)(F)F)c1. The molecule has 0 unspecified atom stereocenters. The Hall–Kier alpha value is -2.64. The third-order valence-electron chi connectivity index (χ3n) is 5.93. The number of nitrogens with zero attached hydrogens (tertiary/aromatic N) is 1. The van der Waals surface area contributed by atoms with Crippen LogP contribution in [0.1, 0.15) is 38.8 Å². The van der Waals surface area contributed by atoms with Crippen molar-refractivity contribution in [3.05, 3.63) is 71.9 Å². The fraction of sp³-hybridized carbons (Fsp3) is 0.320. The topological polar surface area (TPSA) is 42.4 Å². The van der Waals surface area contributed by atoms with Gasteiger partial charge in [0, 0.05) is 17.3 Å². The molecular weight excluding hydrogens is 414 g/mol. The summed E-state index contributed by atoms with van der Waals surface area (Å²) in [7, 11) is 0.359. The van der Waals surface area contributed by atoms with Crippen molar-refractivity contribution in [3.8, 4) is 22.4 Å². The van der Waals surface area contributed by atoms with Crippen LogP contribution in [0.5, 0.6) is 0 Å². The second-order valence-corrected chi connectivity index (χ2v) is 9.02. The molecule has 0 atom stereocenters. The molecular formula is C25H27BF3NO2. The Bertz CT molecular complexity index is 1090. The van der Waals surface area contributed by atoms with Gasteiger partial charge in [-0.3, -0.25) is 4.98 Å². The highest BCUT2D eigenvalue weighted by molar-refractivity contribution is 6.47. The van der Waals surface area contributed by atoms with Crippen molar-refractivity contribution in [2.75, 3.05) is 0 Å². The van der Waals surface area contributed by atoms with Gasteiger partial charge in [-0.1, -0.05) is 41.9 Å². The highest BCUT2D eigenvalue weighted by atomic mass is 19.4. The normalized spacial score (nSPS) is 12.7. The highest BCUT2D eigenvalue weighted by Crippen LogP contribution is 2.33. The maximum atomic E-state index is 13.0. The van der Waals surface area contributed by atoms with E-state index in [4.69, 9.17) is 4.65 Å². The zero-order valence-corrected chi connectivity index (χ0v) is 18.9. The van der Waals surface area contributed by atoms with E-state index in [0.717, 1.165) is 34.4 Å². The Balaban J connectivity index is 1.78. The van der Waals surface area contributed by atoms with Crippen LogP contribution in [-0.2, 0) is 10.8 Å². The van der Waals surface area contributed by atoms with Crippen LogP contribution in [-0.4, -0.2) is 28.8 Å². The number of aryl methyl sites for hydroxylation is 1. The number of hydrogen-bond acceptors (Lipinski definition) is 3. The number of hydrogen-bond donors (Lipinski definition) is 1. The van der Waals surface area contributed by atoms with Gasteiger partial charge in [0.05, 0.1) is 22.5 Å². The van der Waals surface area contributed by atoms with Crippen LogP contribution in [0.25, 0.3) is 22.4 Å². The van der Waals surface area contributed by atoms with Gasteiger partial charge in [-0.2, -0.15) is 13.2 Å². The Labute approximate surface area is 187 Å². The van der Waals surface area contributed by atoms with E-state index < -0.39 is 22.9 Å². The Morgan fingerprint density at radius 3 is 2.12 bits per heavy atom. The number of rotatable bonds is 6. The van der Waals surface area contributed by atoms with Gasteiger partial charge in [-0.05, 0) is 63.9 Å². The van der Waals surface area contributed by atoms with Gasteiger partial charge in [0.25, 0.3) is 0 Å². The molecule has 2 aromatic carbocycles. The van der Waals surface area contributed by atoms with Crippen LogP contribution in [0.3, 0.4) is 0 Å². The second kappa shape index (κ2) is 8.72. The molecule has 1 heterocycles. The molecule has 3 aromatic rings. The first-order valence-corrected chi connectivity index (χ1v) is 10.4. The van der Waals surface area contributed by atoms with E-state index in [-0.39, 0.29) is 0 Å². The number of alkyl halides is 3. The standard InChI is InChI=1S/C25H27BF3NO2/c1-16-13-22(30-15-21(16)18-7-6-8-19(14-18)25(27,28)29)17-9-11-20(12-10-17)26-32-24(4,5)23(2,3)31/h6-15,26,31H,1-5H3. The fourth-order valence-corrected chi connectivity index (χ4v) is 3.09. The third kappa shape index (κ3) is 5.40. The smallest absolute Gasteiger partial charge is 0.416 e. The third-order valence-corrected chi connectivity index (χ3v) is 5.93. The van der Waals surface area contributed by atoms with E-state index in [9.17, 15) is 18.3 Å². The molecule has 0 saturated heterocycles. The summed E-state index contributed by atoms with van der Waals surface area (Å²) in [6.07, 6.45) is -2.77. The fourth-order valence-electron chi connectivity index (χ4n) is 3.09. The molecule has 3 nitrogen and oxygen atoms in total. The van der Waals surface area contributed by atoms with E-state index in [0.29, 0.717) is 18.6 Å². The van der Waals surface area contributed by atoms with Crippen molar-refractivity contribution in [1.29, 1.82) is 0 Å². The van der Waals surface area contributed by atoms with Gasteiger partial charge in [0.1, 0.15) is 0 Å². The molecule has 3 rings (SSSR count). The van der Waals surface area contributed by atoms with Crippen molar-refractivity contribution < 1.29 is 22.9 Å². The Morgan fingerprint density at radius 1 is 0.906 bits per heavy atom. The van der Waals surface area contributed by atoms with Crippen molar-refractivity contribution in [2.45, 2.75) is 52.0 Å². The summed E-state index contributed by atoms with van der Waals surface area (Å²) in [6, 6.07) is 14.9. The lowest BCUT2D eigenvalue weighted by Gasteiger charge is -2.37. The number of aliphatic hydroxyl groups is 1. The molecule has 0 spiro atoms. The quantitative estimate of drug-likeness (QED) is 0.529. The number of benzene rings is 2. The van der Waals surface area contributed by atoms with Gasteiger partial charge < -0.3 is 9.76 Å². The summed E-state index contributed by atoms with van der Waals surface area (Å²) in [4.78, 5) is 4.48. The summed E-state index contributed by atoms with van der Waals surface area (Å²) >= 11 is 0. The van der Waals surface area contributed by atoms with Crippen molar-refractivity contribution >= 4 is 12.9 Å². The number of aromatic nitrogens is 1. The molecule has 0 bridgehead atoms. The molecule has 0 radical (unpaired) electrons. The first kappa shape index (κ1) is 24.0. The summed E-state index contributed by atoms with van der Waals surface area (Å²) < 4.78 is 45.0. The number of pyridine rings is 1. The van der Waals surface area contributed by atoms with Crippen molar-refractivity contribution in [1.82, 2.24) is 4.98 Å². The average Bonchev–Trinajstić information content (AvgIpc) is 2.71. The van der Waals surface area contributed by atoms with E-state index in [1.807, 2.05) is 51.1 Å². The molecule has 1 aromatic heterocycles. The van der Waals surface area contributed by atoms with Crippen LogP contribution in [0, 0.1) is 6.92 Å². The summed E-state index contributed by atoms with van der Waals surface area (Å²) in [5.74, 6) is 0. The molecule has 0 fully saturated rings. The summed E-state index contributed by atoms with van der Waals surface area (Å²) in [5.41, 5.74) is 2.23. The second-order valence-electron chi connectivity index (χ2n) is 9.02. The van der Waals surface area contributed by atoms with Gasteiger partial charge in [-0.25, -0.2) is 0 Å². The first-order valence-electron chi connectivity index (χ1n) is 10.4. The highest BCUT2D eigenvalue weighted by Gasteiger charge is 2.35. The van der Waals surface area contributed by atoms with Crippen molar-refractivity contribution in [3.63, 3.8) is 0 Å². The Morgan fingerprint density at radius 2 is 1.56 bits per heavy atom.